The largest absolute Gasteiger partial charge is 0.349 e. The highest BCUT2D eigenvalue weighted by Gasteiger charge is 2.23. The van der Waals surface area contributed by atoms with Crippen LogP contribution in [0.1, 0.15) is 26.1 Å². The molecule has 4 nitrogen and oxygen atoms in total. The minimum Gasteiger partial charge on any atom is -0.349 e. The predicted octanol–water partition coefficient (Wildman–Crippen LogP) is 1.02. The zero-order valence-corrected chi connectivity index (χ0v) is 10.2. The van der Waals surface area contributed by atoms with Crippen molar-refractivity contribution in [3.63, 3.8) is 0 Å². The van der Waals surface area contributed by atoms with E-state index in [0.717, 1.165) is 18.8 Å². The van der Waals surface area contributed by atoms with Gasteiger partial charge in [0.2, 0.25) is 0 Å². The summed E-state index contributed by atoms with van der Waals surface area (Å²) in [6, 6.07) is 1.34. The fraction of sp³-hybridized carbons (Fsp3) is 0.750. The zero-order chi connectivity index (χ0) is 11.4. The second-order valence-corrected chi connectivity index (χ2v) is 4.81. The van der Waals surface area contributed by atoms with Gasteiger partial charge in [0, 0.05) is 44.0 Å². The highest BCUT2D eigenvalue weighted by Crippen LogP contribution is 2.11. The fourth-order valence-corrected chi connectivity index (χ4v) is 2.25. The Labute approximate surface area is 97.4 Å². The lowest BCUT2D eigenvalue weighted by atomic mass is 10.2. The number of nitrogens with one attached hydrogen (secondary N) is 2. The van der Waals surface area contributed by atoms with E-state index in [2.05, 4.69) is 34.0 Å². The molecule has 0 spiro atoms. The van der Waals surface area contributed by atoms with Crippen LogP contribution in [-0.2, 0) is 6.42 Å². The number of likely N-dealkylation sites (tertiary alicyclic amines) is 1. The molecule has 2 heterocycles. The van der Waals surface area contributed by atoms with Crippen molar-refractivity contribution in [3.8, 4) is 0 Å². The van der Waals surface area contributed by atoms with Crippen LogP contribution in [-0.4, -0.2) is 46.6 Å². The minimum atomic E-state index is 0.664. The molecule has 1 aromatic rings. The van der Waals surface area contributed by atoms with E-state index in [1.54, 1.807) is 0 Å². The average molecular weight is 222 g/mol. The molecule has 1 atom stereocenters. The van der Waals surface area contributed by atoms with Crippen molar-refractivity contribution in [2.75, 3.05) is 19.6 Å². The van der Waals surface area contributed by atoms with Gasteiger partial charge in [-0.3, -0.25) is 4.90 Å². The minimum absolute atomic E-state index is 0.664. The molecule has 1 aromatic heterocycles. The Balaban J connectivity index is 1.64. The average Bonchev–Trinajstić information content (AvgIpc) is 2.87. The molecule has 0 aliphatic carbocycles. The fourth-order valence-electron chi connectivity index (χ4n) is 2.25. The van der Waals surface area contributed by atoms with Crippen LogP contribution in [0.2, 0.25) is 0 Å². The summed E-state index contributed by atoms with van der Waals surface area (Å²) in [6.45, 7) is 7.98. The molecule has 1 saturated heterocycles. The van der Waals surface area contributed by atoms with Gasteiger partial charge in [-0.15, -0.1) is 0 Å². The van der Waals surface area contributed by atoms with Gasteiger partial charge in [0.15, 0.2) is 0 Å². The van der Waals surface area contributed by atoms with Crippen molar-refractivity contribution in [2.24, 2.45) is 0 Å². The van der Waals surface area contributed by atoms with Gasteiger partial charge in [-0.2, -0.15) is 0 Å². The molecule has 2 N–H and O–H groups in total. The molecule has 0 radical (unpaired) electrons. The summed E-state index contributed by atoms with van der Waals surface area (Å²) in [6.07, 6.45) is 5.96. The summed E-state index contributed by atoms with van der Waals surface area (Å²) >= 11 is 0. The number of aromatic nitrogens is 2. The van der Waals surface area contributed by atoms with E-state index in [1.807, 2.05) is 12.4 Å². The van der Waals surface area contributed by atoms with Crippen LogP contribution in [0.15, 0.2) is 12.4 Å². The Bertz CT molecular complexity index is 294. The first-order valence-electron chi connectivity index (χ1n) is 6.21. The summed E-state index contributed by atoms with van der Waals surface area (Å²) in [5.41, 5.74) is 0. The Kier molecular flexibility index (Phi) is 3.96. The van der Waals surface area contributed by atoms with Crippen LogP contribution in [0.3, 0.4) is 0 Å². The molecule has 4 heteroatoms. The third-order valence-corrected chi connectivity index (χ3v) is 3.30. The zero-order valence-electron chi connectivity index (χ0n) is 10.2. The van der Waals surface area contributed by atoms with E-state index in [4.69, 9.17) is 0 Å². The highest BCUT2D eigenvalue weighted by atomic mass is 15.2. The molecule has 2 rings (SSSR count). The number of aromatic amines is 1. The maximum Gasteiger partial charge on any atom is 0.107 e. The molecular formula is C12H22N4. The summed E-state index contributed by atoms with van der Waals surface area (Å²) in [5, 5.41) is 3.60. The molecule has 90 valence electrons. The lowest BCUT2D eigenvalue weighted by Crippen LogP contribution is -2.36. The van der Waals surface area contributed by atoms with Crippen LogP contribution >= 0.6 is 0 Å². The van der Waals surface area contributed by atoms with Crippen molar-refractivity contribution in [3.05, 3.63) is 18.2 Å². The number of hydrogen-bond donors (Lipinski definition) is 2. The Hall–Kier alpha value is -0.870. The van der Waals surface area contributed by atoms with Crippen LogP contribution in [0.25, 0.3) is 0 Å². The molecule has 0 aromatic carbocycles. The van der Waals surface area contributed by atoms with Crippen molar-refractivity contribution in [1.82, 2.24) is 20.2 Å². The normalized spacial score (nSPS) is 22.1. The molecule has 16 heavy (non-hydrogen) atoms. The third kappa shape index (κ3) is 3.06. The molecule has 1 fully saturated rings. The first kappa shape index (κ1) is 11.6. The maximum atomic E-state index is 4.22. The lowest BCUT2D eigenvalue weighted by molar-refractivity contribution is 0.268. The van der Waals surface area contributed by atoms with Gasteiger partial charge in [-0.05, 0) is 26.8 Å². The van der Waals surface area contributed by atoms with Crippen LogP contribution in [0.5, 0.6) is 0 Å². The molecule has 0 amide bonds. The third-order valence-electron chi connectivity index (χ3n) is 3.30. The number of rotatable bonds is 5. The number of hydrogen-bond acceptors (Lipinski definition) is 3. The summed E-state index contributed by atoms with van der Waals surface area (Å²) in [5.74, 6) is 1.08. The molecule has 1 aliphatic heterocycles. The molecular weight excluding hydrogens is 200 g/mol. The van der Waals surface area contributed by atoms with Crippen molar-refractivity contribution in [2.45, 2.75) is 38.8 Å². The van der Waals surface area contributed by atoms with Crippen LogP contribution < -0.4 is 5.32 Å². The SMILES string of the molecule is CC(C)N1CCC(NCCc2ncc[nH]2)C1. The number of H-pyrrole nitrogens is 1. The van der Waals surface area contributed by atoms with Gasteiger partial charge in [0.1, 0.15) is 5.82 Å². The Morgan fingerprint density at radius 1 is 1.62 bits per heavy atom. The van der Waals surface area contributed by atoms with Crippen molar-refractivity contribution in [1.29, 1.82) is 0 Å². The number of nitrogens with zero attached hydrogens (tertiary/aromatic N) is 2. The Morgan fingerprint density at radius 2 is 2.50 bits per heavy atom. The quantitative estimate of drug-likeness (QED) is 0.782. The molecule has 0 bridgehead atoms. The summed E-state index contributed by atoms with van der Waals surface area (Å²) < 4.78 is 0. The Morgan fingerprint density at radius 3 is 3.12 bits per heavy atom. The van der Waals surface area contributed by atoms with Gasteiger partial charge < -0.3 is 10.3 Å². The van der Waals surface area contributed by atoms with E-state index in [0.29, 0.717) is 12.1 Å². The molecule has 0 saturated carbocycles. The van der Waals surface area contributed by atoms with Crippen molar-refractivity contribution < 1.29 is 0 Å². The van der Waals surface area contributed by atoms with Crippen molar-refractivity contribution >= 4 is 0 Å². The van der Waals surface area contributed by atoms with E-state index < -0.39 is 0 Å². The molecule has 1 aliphatic rings. The lowest BCUT2D eigenvalue weighted by Gasteiger charge is -2.20. The van der Waals surface area contributed by atoms with E-state index in [1.165, 1.54) is 19.5 Å². The predicted molar refractivity (Wildman–Crippen MR) is 65.4 cm³/mol. The van der Waals surface area contributed by atoms with Gasteiger partial charge in [0.25, 0.3) is 0 Å². The second-order valence-electron chi connectivity index (χ2n) is 4.81. The summed E-state index contributed by atoms with van der Waals surface area (Å²) in [4.78, 5) is 9.88. The van der Waals surface area contributed by atoms with Crippen LogP contribution in [0, 0.1) is 0 Å². The van der Waals surface area contributed by atoms with Gasteiger partial charge in [0.05, 0.1) is 0 Å². The van der Waals surface area contributed by atoms with E-state index in [9.17, 15) is 0 Å². The van der Waals surface area contributed by atoms with Crippen LogP contribution in [0.4, 0.5) is 0 Å². The monoisotopic (exact) mass is 222 g/mol. The first-order chi connectivity index (χ1) is 7.75. The maximum absolute atomic E-state index is 4.22. The first-order valence-corrected chi connectivity index (χ1v) is 6.21. The van der Waals surface area contributed by atoms with E-state index in [-0.39, 0.29) is 0 Å². The summed E-state index contributed by atoms with van der Waals surface area (Å²) in [7, 11) is 0. The van der Waals surface area contributed by atoms with Gasteiger partial charge >= 0.3 is 0 Å². The highest BCUT2D eigenvalue weighted by molar-refractivity contribution is 4.89. The van der Waals surface area contributed by atoms with Gasteiger partial charge in [-0.25, -0.2) is 4.98 Å². The standard InChI is InChI=1S/C12H22N4/c1-10(2)16-8-4-11(9-16)13-5-3-12-14-6-7-15-12/h6-7,10-11,13H,3-5,8-9H2,1-2H3,(H,14,15). The smallest absolute Gasteiger partial charge is 0.107 e. The molecule has 1 unspecified atom stereocenters. The van der Waals surface area contributed by atoms with Gasteiger partial charge in [-0.1, -0.05) is 0 Å². The number of imidazole rings is 1. The van der Waals surface area contributed by atoms with E-state index >= 15 is 0 Å². The topological polar surface area (TPSA) is 44.0 Å². The second kappa shape index (κ2) is 5.46.